The number of hydrogen-bond donors (Lipinski definition) is 3. The van der Waals surface area contributed by atoms with Gasteiger partial charge in [-0.15, -0.1) is 24.0 Å². The molecular weight excluding hydrogens is 527 g/mol. The van der Waals surface area contributed by atoms with Crippen molar-refractivity contribution in [1.82, 2.24) is 15.4 Å². The fourth-order valence-corrected chi connectivity index (χ4v) is 3.60. The number of benzene rings is 2. The molecule has 0 unspecified atom stereocenters. The zero-order chi connectivity index (χ0) is 22.0. The van der Waals surface area contributed by atoms with E-state index in [0.29, 0.717) is 25.7 Å². The molecule has 2 rings (SSSR count). The van der Waals surface area contributed by atoms with Gasteiger partial charge in [0.05, 0.1) is 18.9 Å². The Morgan fingerprint density at radius 3 is 2.32 bits per heavy atom. The fourth-order valence-electron chi connectivity index (χ4n) is 2.82. The quantitative estimate of drug-likeness (QED) is 0.236. The van der Waals surface area contributed by atoms with Crippen LogP contribution in [0.1, 0.15) is 36.1 Å². The predicted octanol–water partition coefficient (Wildman–Crippen LogP) is 3.32. The summed E-state index contributed by atoms with van der Waals surface area (Å²) in [5, 5.41) is 6.59. The molecule has 0 aliphatic rings. The number of ether oxygens (including phenoxy) is 1. The third-order valence-electron chi connectivity index (χ3n) is 4.42. The molecule has 7 nitrogen and oxygen atoms in total. The van der Waals surface area contributed by atoms with Gasteiger partial charge in [0, 0.05) is 18.7 Å². The van der Waals surface area contributed by atoms with E-state index in [1.807, 2.05) is 51.1 Å². The minimum Gasteiger partial charge on any atom is -0.494 e. The monoisotopic (exact) mass is 560 g/mol. The number of nitrogens with zero attached hydrogens (tertiary/aromatic N) is 1. The van der Waals surface area contributed by atoms with Crippen LogP contribution in [0.2, 0.25) is 0 Å². The van der Waals surface area contributed by atoms with Crippen LogP contribution in [0.5, 0.6) is 5.75 Å². The summed E-state index contributed by atoms with van der Waals surface area (Å²) < 4.78 is 31.4. The van der Waals surface area contributed by atoms with Crippen molar-refractivity contribution in [1.29, 1.82) is 0 Å². The molecule has 0 bridgehead atoms. The number of rotatable bonds is 10. The van der Waals surface area contributed by atoms with E-state index >= 15 is 0 Å². The predicted molar refractivity (Wildman–Crippen MR) is 138 cm³/mol. The molecule has 0 aliphatic carbocycles. The van der Waals surface area contributed by atoms with E-state index < -0.39 is 10.0 Å². The lowest BCUT2D eigenvalue weighted by molar-refractivity contribution is 0.336. The van der Waals surface area contributed by atoms with Gasteiger partial charge in [0.1, 0.15) is 5.75 Å². The maximum atomic E-state index is 11.7. The van der Waals surface area contributed by atoms with Crippen LogP contribution < -0.4 is 20.1 Å². The molecule has 0 fully saturated rings. The number of guanidine groups is 1. The zero-order valence-electron chi connectivity index (χ0n) is 18.6. The Morgan fingerprint density at radius 2 is 1.71 bits per heavy atom. The van der Waals surface area contributed by atoms with Crippen LogP contribution in [0, 0.1) is 6.92 Å². The number of aryl methyl sites for hydroxylation is 1. The van der Waals surface area contributed by atoms with Gasteiger partial charge in [0.25, 0.3) is 0 Å². The molecule has 0 radical (unpaired) electrons. The molecule has 0 spiro atoms. The second-order valence-corrected chi connectivity index (χ2v) is 8.80. The summed E-state index contributed by atoms with van der Waals surface area (Å²) in [5.41, 5.74) is 3.98. The first-order valence-electron chi connectivity index (χ1n) is 10.1. The van der Waals surface area contributed by atoms with Crippen molar-refractivity contribution in [3.05, 3.63) is 64.7 Å². The smallest absolute Gasteiger partial charge is 0.215 e. The van der Waals surface area contributed by atoms with Crippen LogP contribution in [-0.2, 0) is 28.9 Å². The average Bonchev–Trinajstić information content (AvgIpc) is 2.72. The van der Waals surface area contributed by atoms with Gasteiger partial charge >= 0.3 is 0 Å². The number of nitrogens with one attached hydrogen (secondary N) is 3. The molecule has 0 saturated heterocycles. The van der Waals surface area contributed by atoms with Crippen LogP contribution in [-0.4, -0.2) is 34.6 Å². The standard InChI is InChI=1S/C22H32N4O3S.HI/c1-5-24-22(26-15-20-12-7-17(3)13-21(20)29-6-2)25-14-18-8-10-19(11-9-18)16-30(27,28)23-4;/h7-13,23H,5-6,14-16H2,1-4H3,(H2,24,25,26);1H. The van der Waals surface area contributed by atoms with Gasteiger partial charge in [0.2, 0.25) is 10.0 Å². The molecule has 31 heavy (non-hydrogen) atoms. The molecule has 9 heteroatoms. The Balaban J connectivity index is 0.00000480. The minimum absolute atomic E-state index is 0. The second kappa shape index (κ2) is 13.5. The molecular formula is C22H33IN4O3S. The van der Waals surface area contributed by atoms with Crippen LogP contribution in [0.25, 0.3) is 0 Å². The van der Waals surface area contributed by atoms with Crippen LogP contribution in [0.15, 0.2) is 47.5 Å². The molecule has 0 heterocycles. The molecule has 0 aromatic heterocycles. The topological polar surface area (TPSA) is 91.8 Å². The maximum Gasteiger partial charge on any atom is 0.215 e. The highest BCUT2D eigenvalue weighted by atomic mass is 127. The van der Waals surface area contributed by atoms with Crippen molar-refractivity contribution in [3.8, 4) is 5.75 Å². The molecule has 0 amide bonds. The molecule has 0 atom stereocenters. The van der Waals surface area contributed by atoms with E-state index in [9.17, 15) is 8.42 Å². The fraction of sp³-hybridized carbons (Fsp3) is 0.409. The van der Waals surface area contributed by atoms with Crippen LogP contribution in [0.3, 0.4) is 0 Å². The lowest BCUT2D eigenvalue weighted by Gasteiger charge is -2.15. The highest BCUT2D eigenvalue weighted by Crippen LogP contribution is 2.20. The average molecular weight is 561 g/mol. The molecule has 3 N–H and O–H groups in total. The van der Waals surface area contributed by atoms with Crippen molar-refractivity contribution >= 4 is 40.0 Å². The van der Waals surface area contributed by atoms with Gasteiger partial charge < -0.3 is 15.4 Å². The number of hydrogen-bond acceptors (Lipinski definition) is 4. The summed E-state index contributed by atoms with van der Waals surface area (Å²) in [5.74, 6) is 1.56. The Bertz CT molecular complexity index is 948. The largest absolute Gasteiger partial charge is 0.494 e. The van der Waals surface area contributed by atoms with Crippen molar-refractivity contribution in [2.75, 3.05) is 20.2 Å². The molecule has 172 valence electrons. The van der Waals surface area contributed by atoms with E-state index in [2.05, 4.69) is 32.5 Å². The van der Waals surface area contributed by atoms with Crippen LogP contribution in [0.4, 0.5) is 0 Å². The summed E-state index contributed by atoms with van der Waals surface area (Å²) in [4.78, 5) is 4.64. The molecule has 0 saturated carbocycles. The molecule has 2 aromatic rings. The van der Waals surface area contributed by atoms with Gasteiger partial charge in [-0.05, 0) is 50.6 Å². The van der Waals surface area contributed by atoms with Crippen molar-refractivity contribution in [3.63, 3.8) is 0 Å². The van der Waals surface area contributed by atoms with Crippen LogP contribution >= 0.6 is 24.0 Å². The molecule has 2 aromatic carbocycles. The van der Waals surface area contributed by atoms with E-state index in [1.165, 1.54) is 7.05 Å². The van der Waals surface area contributed by atoms with Gasteiger partial charge in [-0.1, -0.05) is 36.4 Å². The zero-order valence-corrected chi connectivity index (χ0v) is 21.7. The first-order valence-corrected chi connectivity index (χ1v) is 11.8. The van der Waals surface area contributed by atoms with Gasteiger partial charge in [-0.25, -0.2) is 18.1 Å². The normalized spacial score (nSPS) is 11.5. The van der Waals surface area contributed by atoms with Crippen molar-refractivity contribution in [2.45, 2.75) is 39.6 Å². The van der Waals surface area contributed by atoms with E-state index in [0.717, 1.165) is 34.5 Å². The van der Waals surface area contributed by atoms with Gasteiger partial charge in [-0.2, -0.15) is 0 Å². The van der Waals surface area contributed by atoms with Crippen molar-refractivity contribution in [2.24, 2.45) is 4.99 Å². The number of halogens is 1. The summed E-state index contributed by atoms with van der Waals surface area (Å²) in [6, 6.07) is 13.6. The summed E-state index contributed by atoms with van der Waals surface area (Å²) >= 11 is 0. The summed E-state index contributed by atoms with van der Waals surface area (Å²) in [6.45, 7) is 8.50. The van der Waals surface area contributed by atoms with Gasteiger partial charge in [0.15, 0.2) is 5.96 Å². The Labute approximate surface area is 203 Å². The SMILES string of the molecule is CCNC(=NCc1ccc(CS(=O)(=O)NC)cc1)NCc1ccc(C)cc1OCC.I. The molecule has 0 aliphatic heterocycles. The van der Waals surface area contributed by atoms with E-state index in [-0.39, 0.29) is 29.7 Å². The highest BCUT2D eigenvalue weighted by molar-refractivity contribution is 14.0. The van der Waals surface area contributed by atoms with Gasteiger partial charge in [-0.3, -0.25) is 0 Å². The Kier molecular flexibility index (Phi) is 11.9. The lowest BCUT2D eigenvalue weighted by Crippen LogP contribution is -2.36. The summed E-state index contributed by atoms with van der Waals surface area (Å²) in [7, 11) is -1.85. The van der Waals surface area contributed by atoms with E-state index in [1.54, 1.807) is 0 Å². The Morgan fingerprint density at radius 1 is 1.03 bits per heavy atom. The number of aliphatic imine (C=N–C) groups is 1. The lowest BCUT2D eigenvalue weighted by atomic mass is 10.1. The third kappa shape index (κ3) is 9.44. The first kappa shape index (κ1) is 27.2. The first-order chi connectivity index (χ1) is 14.4. The number of sulfonamides is 1. The maximum absolute atomic E-state index is 11.7. The summed E-state index contributed by atoms with van der Waals surface area (Å²) in [6.07, 6.45) is 0. The Hall–Kier alpha value is -1.85. The van der Waals surface area contributed by atoms with E-state index in [4.69, 9.17) is 4.74 Å². The third-order valence-corrected chi connectivity index (χ3v) is 5.76. The van der Waals surface area contributed by atoms with Crippen molar-refractivity contribution < 1.29 is 13.2 Å². The highest BCUT2D eigenvalue weighted by Gasteiger charge is 2.08. The minimum atomic E-state index is -3.27. The second-order valence-electron chi connectivity index (χ2n) is 6.87.